The van der Waals surface area contributed by atoms with Crippen LogP contribution >= 0.6 is 24.8 Å². The van der Waals surface area contributed by atoms with Gasteiger partial charge in [0.2, 0.25) is 0 Å². The number of nitrogens with two attached hydrogens (primary N) is 1. The Morgan fingerprint density at radius 3 is 2.53 bits per heavy atom. The van der Waals surface area contributed by atoms with E-state index in [-0.39, 0.29) is 36.7 Å². The van der Waals surface area contributed by atoms with E-state index in [0.29, 0.717) is 24.4 Å². The number of nitrogens with one attached hydrogen (secondary N) is 1. The van der Waals surface area contributed by atoms with Gasteiger partial charge in [0.1, 0.15) is 6.10 Å². The number of hydrogen-bond acceptors (Lipinski definition) is 4. The van der Waals surface area contributed by atoms with Gasteiger partial charge in [0.25, 0.3) is 0 Å². The minimum Gasteiger partial charge on any atom is -0.485 e. The number of rotatable bonds is 6. The van der Waals surface area contributed by atoms with Crippen LogP contribution in [-0.4, -0.2) is 26.9 Å². The highest BCUT2D eigenvalue weighted by Crippen LogP contribution is 2.26. The average Bonchev–Trinajstić information content (AvgIpc) is 2.24. The normalized spacial score (nSPS) is 11.2. The lowest BCUT2D eigenvalue weighted by molar-refractivity contribution is 0.0885. The number of anilines is 1. The molecule has 0 saturated carbocycles. The van der Waals surface area contributed by atoms with Crippen molar-refractivity contribution in [2.24, 2.45) is 0 Å². The second kappa shape index (κ2) is 10.1. The molecule has 0 heterocycles. The molecule has 0 unspecified atom stereocenters. The van der Waals surface area contributed by atoms with Crippen LogP contribution in [0.4, 0.5) is 10.1 Å². The third-order valence-electron chi connectivity index (χ3n) is 2.23. The Kier molecular flexibility index (Phi) is 10.9. The fourth-order valence-corrected chi connectivity index (χ4v) is 1.60. The molecule has 4 nitrogen and oxygen atoms in total. The lowest BCUT2D eigenvalue weighted by atomic mass is 10.1. The predicted octanol–water partition coefficient (Wildman–Crippen LogP) is 2.38. The summed E-state index contributed by atoms with van der Waals surface area (Å²) in [5, 5.41) is 2.95. The molecule has 112 valence electrons. The molecule has 3 N–H and O–H groups in total. The first-order valence-electron chi connectivity index (χ1n) is 5.46. The Morgan fingerprint density at radius 1 is 1.37 bits per heavy atom. The fourth-order valence-electron chi connectivity index (χ4n) is 1.60. The average molecular weight is 315 g/mol. The number of ether oxygens (including phenoxy) is 2. The van der Waals surface area contributed by atoms with Gasteiger partial charge in [-0.15, -0.1) is 24.8 Å². The highest BCUT2D eigenvalue weighted by atomic mass is 35.5. The molecule has 0 fully saturated rings. The van der Waals surface area contributed by atoms with Gasteiger partial charge in [-0.3, -0.25) is 0 Å². The molecular weight excluding hydrogens is 294 g/mol. The van der Waals surface area contributed by atoms with Crippen LogP contribution in [0.2, 0.25) is 0 Å². The lowest BCUT2D eigenvalue weighted by Gasteiger charge is -2.18. The van der Waals surface area contributed by atoms with Crippen molar-refractivity contribution in [2.75, 3.05) is 26.5 Å². The van der Waals surface area contributed by atoms with E-state index in [1.165, 1.54) is 6.07 Å². The predicted molar refractivity (Wildman–Crippen MR) is 80.0 cm³/mol. The zero-order valence-corrected chi connectivity index (χ0v) is 12.9. The van der Waals surface area contributed by atoms with Gasteiger partial charge >= 0.3 is 0 Å². The molecule has 1 aromatic rings. The number of methoxy groups -OCH3 is 1. The molecule has 1 aromatic carbocycles. The molecule has 1 atom stereocenters. The molecule has 1 rings (SSSR count). The van der Waals surface area contributed by atoms with E-state index in [2.05, 4.69) is 5.32 Å². The molecule has 0 aromatic heterocycles. The van der Waals surface area contributed by atoms with Gasteiger partial charge in [0, 0.05) is 31.0 Å². The number of hydrogen-bond donors (Lipinski definition) is 2. The van der Waals surface area contributed by atoms with Crippen LogP contribution in [0.3, 0.4) is 0 Å². The van der Waals surface area contributed by atoms with Crippen LogP contribution in [0.5, 0.6) is 5.75 Å². The molecule has 19 heavy (non-hydrogen) atoms. The number of nitrogen functional groups attached to an aromatic ring is 1. The van der Waals surface area contributed by atoms with Crippen molar-refractivity contribution in [1.82, 2.24) is 5.32 Å². The summed E-state index contributed by atoms with van der Waals surface area (Å²) < 4.78 is 24.2. The lowest BCUT2D eigenvalue weighted by Crippen LogP contribution is -2.20. The Bertz CT molecular complexity index is 381. The Hall–Kier alpha value is -0.750. The van der Waals surface area contributed by atoms with Gasteiger partial charge in [-0.05, 0) is 20.0 Å². The van der Waals surface area contributed by atoms with Crippen LogP contribution < -0.4 is 15.8 Å². The number of benzene rings is 1. The van der Waals surface area contributed by atoms with Crippen LogP contribution in [0.25, 0.3) is 0 Å². The summed E-state index contributed by atoms with van der Waals surface area (Å²) in [6.45, 7) is 2.72. The van der Waals surface area contributed by atoms with Gasteiger partial charge in [-0.25, -0.2) is 4.39 Å². The Balaban J connectivity index is 0. The van der Waals surface area contributed by atoms with Crippen LogP contribution in [-0.2, 0) is 11.3 Å². The van der Waals surface area contributed by atoms with Gasteiger partial charge in [-0.1, -0.05) is 0 Å². The third-order valence-corrected chi connectivity index (χ3v) is 2.23. The van der Waals surface area contributed by atoms with E-state index in [0.717, 1.165) is 0 Å². The summed E-state index contributed by atoms with van der Waals surface area (Å²) in [7, 11) is 3.36. The second-order valence-corrected chi connectivity index (χ2v) is 3.91. The van der Waals surface area contributed by atoms with Gasteiger partial charge in [-0.2, -0.15) is 0 Å². The van der Waals surface area contributed by atoms with Crippen molar-refractivity contribution in [3.8, 4) is 5.75 Å². The monoisotopic (exact) mass is 314 g/mol. The Morgan fingerprint density at radius 2 is 2.00 bits per heavy atom. The zero-order valence-electron chi connectivity index (χ0n) is 11.2. The highest BCUT2D eigenvalue weighted by Gasteiger charge is 2.14. The fraction of sp³-hybridized carbons (Fsp3) is 0.500. The summed E-state index contributed by atoms with van der Waals surface area (Å²) in [6.07, 6.45) is -0.214. The molecule has 0 aliphatic rings. The molecule has 0 amide bonds. The van der Waals surface area contributed by atoms with Crippen molar-refractivity contribution in [2.45, 2.75) is 19.6 Å². The molecule has 7 heteroatoms. The van der Waals surface area contributed by atoms with Crippen LogP contribution in [0.1, 0.15) is 12.5 Å². The van der Waals surface area contributed by atoms with E-state index in [1.54, 1.807) is 20.2 Å². The number of halogens is 3. The van der Waals surface area contributed by atoms with Gasteiger partial charge in [0.05, 0.1) is 6.61 Å². The van der Waals surface area contributed by atoms with E-state index in [4.69, 9.17) is 15.2 Å². The van der Waals surface area contributed by atoms with Crippen molar-refractivity contribution < 1.29 is 13.9 Å². The van der Waals surface area contributed by atoms with E-state index < -0.39 is 5.82 Å². The third kappa shape index (κ3) is 6.29. The van der Waals surface area contributed by atoms with Gasteiger partial charge in [0.15, 0.2) is 11.6 Å². The minimum atomic E-state index is -0.446. The summed E-state index contributed by atoms with van der Waals surface area (Å²) in [6, 6.07) is 2.96. The van der Waals surface area contributed by atoms with Gasteiger partial charge < -0.3 is 20.5 Å². The molecule has 0 radical (unpaired) electrons. The Labute approximate surface area is 125 Å². The van der Waals surface area contributed by atoms with Crippen LogP contribution in [0, 0.1) is 5.82 Å². The highest BCUT2D eigenvalue weighted by molar-refractivity contribution is 5.85. The molecule has 0 aliphatic heterocycles. The molecule has 0 aliphatic carbocycles. The van der Waals surface area contributed by atoms with Crippen molar-refractivity contribution in [3.63, 3.8) is 0 Å². The van der Waals surface area contributed by atoms with Crippen molar-refractivity contribution >= 4 is 30.5 Å². The maximum Gasteiger partial charge on any atom is 0.167 e. The van der Waals surface area contributed by atoms with E-state index >= 15 is 0 Å². The van der Waals surface area contributed by atoms with Crippen molar-refractivity contribution in [1.29, 1.82) is 0 Å². The molecule has 0 bridgehead atoms. The molecular formula is C12H21Cl2FN2O2. The standard InChI is InChI=1S/C12H19FN2O2.2ClH/c1-8(7-16-3)17-12-9(6-15-2)4-10(14)5-11(12)13;;/h4-5,8,15H,6-7,14H2,1-3H3;2*1H/t8-;;/m0../s1. The van der Waals surface area contributed by atoms with Crippen molar-refractivity contribution in [3.05, 3.63) is 23.5 Å². The summed E-state index contributed by atoms with van der Waals surface area (Å²) >= 11 is 0. The maximum atomic E-state index is 13.8. The molecule has 0 spiro atoms. The van der Waals surface area contributed by atoms with E-state index in [1.807, 2.05) is 6.92 Å². The quantitative estimate of drug-likeness (QED) is 0.792. The SMILES string of the molecule is CNCc1cc(N)cc(F)c1O[C@@H](C)COC.Cl.Cl. The smallest absolute Gasteiger partial charge is 0.167 e. The minimum absolute atomic E-state index is 0. The second-order valence-electron chi connectivity index (χ2n) is 3.91. The maximum absolute atomic E-state index is 13.8. The summed E-state index contributed by atoms with van der Waals surface area (Å²) in [5.41, 5.74) is 6.69. The topological polar surface area (TPSA) is 56.5 Å². The zero-order chi connectivity index (χ0) is 12.8. The van der Waals surface area contributed by atoms with E-state index in [9.17, 15) is 4.39 Å². The first-order chi connectivity index (χ1) is 8.08. The molecule has 0 saturated heterocycles. The van der Waals surface area contributed by atoms with Crippen LogP contribution in [0.15, 0.2) is 12.1 Å². The summed E-state index contributed by atoms with van der Waals surface area (Å²) in [5.74, 6) is -0.212. The first kappa shape index (κ1) is 20.6. The summed E-state index contributed by atoms with van der Waals surface area (Å²) in [4.78, 5) is 0. The largest absolute Gasteiger partial charge is 0.485 e. The first-order valence-corrected chi connectivity index (χ1v) is 5.46.